The minimum absolute atomic E-state index is 0.0722. The summed E-state index contributed by atoms with van der Waals surface area (Å²) in [5.74, 6) is -0.331. The lowest BCUT2D eigenvalue weighted by molar-refractivity contribution is -0.117. The Bertz CT molecular complexity index is 833. The zero-order chi connectivity index (χ0) is 20.5. The average molecular weight is 384 g/mol. The Labute approximate surface area is 164 Å². The van der Waals surface area contributed by atoms with E-state index in [0.717, 1.165) is 0 Å². The summed E-state index contributed by atoms with van der Waals surface area (Å²) in [6.45, 7) is 3.47. The molecule has 0 saturated carbocycles. The second kappa shape index (κ2) is 10.1. The molecule has 0 aliphatic rings. The third-order valence-electron chi connectivity index (χ3n) is 4.01. The van der Waals surface area contributed by atoms with Crippen LogP contribution in [-0.4, -0.2) is 38.0 Å². The number of amides is 2. The van der Waals surface area contributed by atoms with Crippen LogP contribution in [0.4, 0.5) is 11.4 Å². The number of rotatable bonds is 8. The van der Waals surface area contributed by atoms with Gasteiger partial charge in [-0.2, -0.15) is 0 Å². The summed E-state index contributed by atoms with van der Waals surface area (Å²) in [6, 6.07) is 13.6. The van der Waals surface area contributed by atoms with Crippen LogP contribution in [0.2, 0.25) is 0 Å². The highest BCUT2D eigenvalue weighted by Gasteiger charge is 2.20. The Morgan fingerprint density at radius 3 is 2.32 bits per heavy atom. The van der Waals surface area contributed by atoms with Crippen LogP contribution < -0.4 is 15.0 Å². The van der Waals surface area contributed by atoms with Gasteiger partial charge in [-0.3, -0.25) is 9.59 Å². The predicted octanol–water partition coefficient (Wildman–Crippen LogP) is 3.25. The zero-order valence-electron chi connectivity index (χ0n) is 16.2. The Morgan fingerprint density at radius 2 is 1.71 bits per heavy atom. The van der Waals surface area contributed by atoms with E-state index in [2.05, 4.69) is 5.32 Å². The molecule has 0 spiro atoms. The molecule has 148 valence electrons. The van der Waals surface area contributed by atoms with Crippen molar-refractivity contribution in [3.8, 4) is 5.75 Å². The normalized spacial score (nSPS) is 10.1. The molecular formula is C21H24N2O5. The fourth-order valence-corrected chi connectivity index (χ4v) is 2.65. The molecule has 2 rings (SSSR count). The van der Waals surface area contributed by atoms with Crippen LogP contribution in [0.15, 0.2) is 48.5 Å². The summed E-state index contributed by atoms with van der Waals surface area (Å²) in [6.07, 6.45) is 0.0722. The van der Waals surface area contributed by atoms with Crippen LogP contribution in [0.25, 0.3) is 0 Å². The topological polar surface area (TPSA) is 84.9 Å². The number of para-hydroxylation sites is 1. The molecule has 2 aromatic carbocycles. The number of hydrogen-bond donors (Lipinski definition) is 1. The van der Waals surface area contributed by atoms with E-state index in [1.165, 1.54) is 11.8 Å². The van der Waals surface area contributed by atoms with Crippen LogP contribution in [0.1, 0.15) is 30.6 Å². The summed E-state index contributed by atoms with van der Waals surface area (Å²) < 4.78 is 10.1. The second-order valence-corrected chi connectivity index (χ2v) is 5.93. The molecule has 7 heteroatoms. The maximum atomic E-state index is 12.3. The van der Waals surface area contributed by atoms with Crippen molar-refractivity contribution < 1.29 is 23.9 Å². The molecule has 0 aromatic heterocycles. The predicted molar refractivity (Wildman–Crippen MR) is 107 cm³/mol. The molecule has 0 fully saturated rings. The fourth-order valence-electron chi connectivity index (χ4n) is 2.65. The molecule has 0 aliphatic carbocycles. The fraction of sp³-hybridized carbons (Fsp3) is 0.286. The van der Waals surface area contributed by atoms with E-state index < -0.39 is 5.97 Å². The molecule has 2 amide bonds. The first-order valence-electron chi connectivity index (χ1n) is 8.94. The molecule has 28 heavy (non-hydrogen) atoms. The summed E-state index contributed by atoms with van der Waals surface area (Å²) in [7, 11) is 1.57. The van der Waals surface area contributed by atoms with Gasteiger partial charge in [0.1, 0.15) is 5.75 Å². The van der Waals surface area contributed by atoms with E-state index in [4.69, 9.17) is 9.47 Å². The number of carbonyl (C=O) groups excluding carboxylic acids is 3. The molecule has 2 aromatic rings. The lowest BCUT2D eigenvalue weighted by Crippen LogP contribution is -2.33. The highest BCUT2D eigenvalue weighted by atomic mass is 16.5. The number of esters is 1. The van der Waals surface area contributed by atoms with Gasteiger partial charge in [0.15, 0.2) is 0 Å². The van der Waals surface area contributed by atoms with Crippen LogP contribution in [0.5, 0.6) is 5.75 Å². The minimum atomic E-state index is -0.507. The molecule has 0 bridgehead atoms. The number of carbonyl (C=O) groups is 3. The largest absolute Gasteiger partial charge is 0.497 e. The van der Waals surface area contributed by atoms with Crippen molar-refractivity contribution in [2.24, 2.45) is 0 Å². The second-order valence-electron chi connectivity index (χ2n) is 5.93. The lowest BCUT2D eigenvalue weighted by Gasteiger charge is -2.23. The summed E-state index contributed by atoms with van der Waals surface area (Å²) in [4.78, 5) is 38.0. The Balaban J connectivity index is 2.08. The Morgan fingerprint density at radius 1 is 1.04 bits per heavy atom. The van der Waals surface area contributed by atoms with Crippen LogP contribution in [-0.2, 0) is 14.3 Å². The van der Waals surface area contributed by atoms with Gasteiger partial charge in [-0.1, -0.05) is 12.1 Å². The first-order valence-corrected chi connectivity index (χ1v) is 8.94. The number of hydrogen-bond acceptors (Lipinski definition) is 5. The van der Waals surface area contributed by atoms with E-state index >= 15 is 0 Å². The summed E-state index contributed by atoms with van der Waals surface area (Å²) in [5, 5.41) is 2.77. The van der Waals surface area contributed by atoms with Crippen molar-refractivity contribution >= 4 is 29.2 Å². The maximum Gasteiger partial charge on any atom is 0.340 e. The van der Waals surface area contributed by atoms with Crippen molar-refractivity contribution in [3.63, 3.8) is 0 Å². The molecule has 1 N–H and O–H groups in total. The highest BCUT2D eigenvalue weighted by molar-refractivity contribution is 6.02. The number of methoxy groups -OCH3 is 1. The standard InChI is InChI=1S/C21H24N2O5/c1-4-28-21(26)18-7-5-6-8-19(18)23(15(2)24)14-13-20(25)22-16-9-11-17(27-3)12-10-16/h5-12H,4,13-14H2,1-3H3,(H,22,25). The first kappa shape index (κ1) is 21.0. The minimum Gasteiger partial charge on any atom is -0.497 e. The summed E-state index contributed by atoms with van der Waals surface area (Å²) in [5.41, 5.74) is 1.34. The molecule has 0 radical (unpaired) electrons. The van der Waals surface area contributed by atoms with E-state index in [9.17, 15) is 14.4 Å². The van der Waals surface area contributed by atoms with Crippen LogP contribution in [0.3, 0.4) is 0 Å². The maximum absolute atomic E-state index is 12.3. The van der Waals surface area contributed by atoms with Gasteiger partial charge in [-0.25, -0.2) is 4.79 Å². The van der Waals surface area contributed by atoms with Gasteiger partial charge < -0.3 is 19.7 Å². The lowest BCUT2D eigenvalue weighted by atomic mass is 10.1. The summed E-state index contributed by atoms with van der Waals surface area (Å²) >= 11 is 0. The van der Waals surface area contributed by atoms with Crippen molar-refractivity contribution in [1.82, 2.24) is 0 Å². The van der Waals surface area contributed by atoms with E-state index in [-0.39, 0.29) is 37.0 Å². The molecule has 0 heterocycles. The number of ether oxygens (including phenoxy) is 2. The Kier molecular flexibility index (Phi) is 7.56. The molecule has 0 atom stereocenters. The quantitative estimate of drug-likeness (QED) is 0.706. The monoisotopic (exact) mass is 384 g/mol. The molecule has 0 unspecified atom stereocenters. The van der Waals surface area contributed by atoms with Crippen molar-refractivity contribution in [1.29, 1.82) is 0 Å². The molecule has 7 nitrogen and oxygen atoms in total. The van der Waals surface area contributed by atoms with Gasteiger partial charge in [0.2, 0.25) is 11.8 Å². The third-order valence-corrected chi connectivity index (χ3v) is 4.01. The van der Waals surface area contributed by atoms with Gasteiger partial charge in [0.05, 0.1) is 25.0 Å². The zero-order valence-corrected chi connectivity index (χ0v) is 16.2. The van der Waals surface area contributed by atoms with Gasteiger partial charge >= 0.3 is 5.97 Å². The number of benzene rings is 2. The third kappa shape index (κ3) is 5.57. The molecule has 0 aliphatic heterocycles. The number of anilines is 2. The Hall–Kier alpha value is -3.35. The van der Waals surface area contributed by atoms with Crippen molar-refractivity contribution in [3.05, 3.63) is 54.1 Å². The van der Waals surface area contributed by atoms with E-state index in [1.807, 2.05) is 0 Å². The highest BCUT2D eigenvalue weighted by Crippen LogP contribution is 2.22. The van der Waals surface area contributed by atoms with Crippen LogP contribution in [0, 0.1) is 0 Å². The number of nitrogens with one attached hydrogen (secondary N) is 1. The van der Waals surface area contributed by atoms with Gasteiger partial charge in [0.25, 0.3) is 0 Å². The average Bonchev–Trinajstić information content (AvgIpc) is 2.69. The van der Waals surface area contributed by atoms with Crippen molar-refractivity contribution in [2.75, 3.05) is 30.5 Å². The van der Waals surface area contributed by atoms with E-state index in [0.29, 0.717) is 17.1 Å². The first-order chi connectivity index (χ1) is 13.5. The van der Waals surface area contributed by atoms with Gasteiger partial charge in [-0.05, 0) is 43.3 Å². The smallest absolute Gasteiger partial charge is 0.340 e. The molecule has 0 saturated heterocycles. The van der Waals surface area contributed by atoms with Crippen molar-refractivity contribution in [2.45, 2.75) is 20.3 Å². The van der Waals surface area contributed by atoms with E-state index in [1.54, 1.807) is 62.6 Å². The van der Waals surface area contributed by atoms with Gasteiger partial charge in [-0.15, -0.1) is 0 Å². The van der Waals surface area contributed by atoms with Crippen LogP contribution >= 0.6 is 0 Å². The SMILES string of the molecule is CCOC(=O)c1ccccc1N(CCC(=O)Nc1ccc(OC)cc1)C(C)=O. The molecular weight excluding hydrogens is 360 g/mol. The van der Waals surface area contributed by atoms with Gasteiger partial charge in [0, 0.05) is 25.6 Å². The number of nitrogens with zero attached hydrogens (tertiary/aromatic N) is 1.